The summed E-state index contributed by atoms with van der Waals surface area (Å²) in [5, 5.41) is 26.0. The molecule has 0 aromatic carbocycles. The number of quaternary nitrogens is 1. The van der Waals surface area contributed by atoms with Crippen molar-refractivity contribution in [3.05, 3.63) is 0 Å². The van der Waals surface area contributed by atoms with Crippen LogP contribution in [0.2, 0.25) is 0 Å². The van der Waals surface area contributed by atoms with Crippen LogP contribution >= 0.6 is 0 Å². The van der Waals surface area contributed by atoms with E-state index in [4.69, 9.17) is 15.3 Å². The summed E-state index contributed by atoms with van der Waals surface area (Å²) in [4.78, 5) is 10.3. The third-order valence-corrected chi connectivity index (χ3v) is 2.15. The lowest BCUT2D eigenvalue weighted by molar-refractivity contribution is -0.909. The molecule has 0 unspecified atom stereocenters. The number of aliphatic hydroxyl groups is 2. The molecule has 6 heteroatoms. The smallest absolute Gasteiger partial charge is 0.309 e. The number of carbonyl (C=O) groups is 1. The van der Waals surface area contributed by atoms with Crippen molar-refractivity contribution in [1.29, 1.82) is 0 Å². The van der Waals surface area contributed by atoms with Gasteiger partial charge in [0.15, 0.2) is 0 Å². The minimum absolute atomic E-state index is 0. The van der Waals surface area contributed by atoms with Crippen LogP contribution in [0.15, 0.2) is 0 Å². The second kappa shape index (κ2) is 7.69. The highest BCUT2D eigenvalue weighted by Crippen LogP contribution is 2.02. The molecule has 0 bridgehead atoms. The van der Waals surface area contributed by atoms with Crippen LogP contribution in [0.3, 0.4) is 0 Å². The predicted octanol–water partition coefficient (Wildman–Crippen LogP) is -1.28. The summed E-state index contributed by atoms with van der Waals surface area (Å²) in [5.74, 6) is -0.847. The first-order valence-corrected chi connectivity index (χ1v) is 4.31. The van der Waals surface area contributed by atoms with E-state index in [9.17, 15) is 4.79 Å². The zero-order valence-electron chi connectivity index (χ0n) is 8.39. The molecule has 6 nitrogen and oxygen atoms in total. The van der Waals surface area contributed by atoms with Gasteiger partial charge in [0.05, 0.1) is 33.2 Å². The van der Waals surface area contributed by atoms with Crippen molar-refractivity contribution >= 4 is 5.97 Å². The van der Waals surface area contributed by atoms with Crippen LogP contribution in [0.25, 0.3) is 0 Å². The monoisotopic (exact) mass is 209 g/mol. The van der Waals surface area contributed by atoms with Crippen molar-refractivity contribution < 1.29 is 30.1 Å². The van der Waals surface area contributed by atoms with Gasteiger partial charge >= 0.3 is 5.97 Å². The van der Waals surface area contributed by atoms with Crippen molar-refractivity contribution in [2.75, 3.05) is 39.9 Å². The maximum absolute atomic E-state index is 10.3. The molecule has 0 fully saturated rings. The largest absolute Gasteiger partial charge is 0.870 e. The fourth-order valence-corrected chi connectivity index (χ4v) is 1.18. The number of hydrogen-bond donors (Lipinski definition) is 3. The Hall–Kier alpha value is -0.690. The minimum atomic E-state index is -0.847. The van der Waals surface area contributed by atoms with Crippen LogP contribution in [0, 0.1) is 0 Å². The van der Waals surface area contributed by atoms with E-state index >= 15 is 0 Å². The molecule has 0 aromatic rings. The lowest BCUT2D eigenvalue weighted by Crippen LogP contribution is -2.49. The van der Waals surface area contributed by atoms with Crippen LogP contribution in [0.4, 0.5) is 0 Å². The molecule has 0 aliphatic rings. The Morgan fingerprint density at radius 1 is 1.14 bits per heavy atom. The molecule has 0 spiro atoms. The van der Waals surface area contributed by atoms with E-state index in [2.05, 4.69) is 0 Å². The number of carboxylic acid groups (broad SMARTS) is 1. The second-order valence-electron chi connectivity index (χ2n) is 3.38. The van der Waals surface area contributed by atoms with E-state index in [0.717, 1.165) is 0 Å². The van der Waals surface area contributed by atoms with E-state index in [1.165, 1.54) is 0 Å². The molecule has 0 amide bonds. The first-order valence-electron chi connectivity index (χ1n) is 4.31. The summed E-state index contributed by atoms with van der Waals surface area (Å²) in [6.45, 7) is 1.42. The Labute approximate surface area is 83.3 Å². The van der Waals surface area contributed by atoms with Gasteiger partial charge in [0.2, 0.25) is 0 Å². The lowest BCUT2D eigenvalue weighted by atomic mass is 10.3. The normalized spacial score (nSPS) is 10.8. The lowest BCUT2D eigenvalue weighted by Gasteiger charge is -2.32. The van der Waals surface area contributed by atoms with Crippen molar-refractivity contribution in [2.24, 2.45) is 0 Å². The SMILES string of the molecule is C[N+](CCO)(CCO)CCC(=O)O.[OH-]. The van der Waals surface area contributed by atoms with Crippen molar-refractivity contribution in [3.63, 3.8) is 0 Å². The topological polar surface area (TPSA) is 108 Å². The van der Waals surface area contributed by atoms with Gasteiger partial charge in [0.1, 0.15) is 13.1 Å². The quantitative estimate of drug-likeness (QED) is 0.452. The highest BCUT2D eigenvalue weighted by molar-refractivity contribution is 5.66. The molecule has 0 saturated heterocycles. The molecular formula is C8H19NO5. The van der Waals surface area contributed by atoms with Gasteiger partial charge in [-0.25, -0.2) is 0 Å². The Kier molecular flexibility index (Phi) is 8.66. The van der Waals surface area contributed by atoms with Crippen LogP contribution in [-0.2, 0) is 4.79 Å². The predicted molar refractivity (Wildman–Crippen MR) is 49.1 cm³/mol. The van der Waals surface area contributed by atoms with E-state index in [0.29, 0.717) is 24.1 Å². The van der Waals surface area contributed by atoms with Crippen molar-refractivity contribution in [2.45, 2.75) is 6.42 Å². The van der Waals surface area contributed by atoms with Gasteiger partial charge in [-0.15, -0.1) is 0 Å². The van der Waals surface area contributed by atoms with Crippen molar-refractivity contribution in [3.8, 4) is 0 Å². The number of likely N-dealkylation sites (N-methyl/N-ethyl adjacent to an activating group) is 1. The Morgan fingerprint density at radius 2 is 1.57 bits per heavy atom. The molecule has 4 N–H and O–H groups in total. The first-order chi connectivity index (χ1) is 6.04. The van der Waals surface area contributed by atoms with Gasteiger partial charge in [-0.2, -0.15) is 0 Å². The van der Waals surface area contributed by atoms with Crippen LogP contribution in [0.1, 0.15) is 6.42 Å². The minimum Gasteiger partial charge on any atom is -0.870 e. The summed E-state index contributed by atoms with van der Waals surface area (Å²) < 4.78 is 0.402. The average Bonchev–Trinajstić information content (AvgIpc) is 2.02. The molecule has 0 heterocycles. The average molecular weight is 209 g/mol. The number of hydrogen-bond acceptors (Lipinski definition) is 4. The molecule has 0 aromatic heterocycles. The summed E-state index contributed by atoms with van der Waals surface area (Å²) >= 11 is 0. The fraction of sp³-hybridized carbons (Fsp3) is 0.875. The van der Waals surface area contributed by atoms with Gasteiger partial charge in [-0.1, -0.05) is 0 Å². The summed E-state index contributed by atoms with van der Waals surface area (Å²) in [7, 11) is 1.83. The van der Waals surface area contributed by atoms with Gasteiger partial charge < -0.3 is 25.3 Å². The molecule has 86 valence electrons. The Balaban J connectivity index is 0. The number of carboxylic acids is 1. The number of aliphatic hydroxyl groups excluding tert-OH is 2. The standard InChI is InChI=1S/C8H17NO4.H2O/c1-9(4-6-10,5-7-11)3-2-8(12)13;/h10-11H,2-7H2,1H3;1H2. The zero-order valence-corrected chi connectivity index (χ0v) is 8.39. The third kappa shape index (κ3) is 6.79. The number of aliphatic carboxylic acids is 1. The summed E-state index contributed by atoms with van der Waals surface area (Å²) in [6.07, 6.45) is 0.0660. The molecule has 0 atom stereocenters. The molecule has 0 aliphatic carbocycles. The Morgan fingerprint density at radius 3 is 1.86 bits per heavy atom. The van der Waals surface area contributed by atoms with E-state index in [-0.39, 0.29) is 25.1 Å². The molecule has 14 heavy (non-hydrogen) atoms. The Bertz CT molecular complexity index is 156. The third-order valence-electron chi connectivity index (χ3n) is 2.15. The molecule has 0 saturated carbocycles. The molecule has 0 aliphatic heterocycles. The van der Waals surface area contributed by atoms with Gasteiger partial charge in [-0.3, -0.25) is 4.79 Å². The van der Waals surface area contributed by atoms with Gasteiger partial charge in [0.25, 0.3) is 0 Å². The second-order valence-corrected chi connectivity index (χ2v) is 3.38. The highest BCUT2D eigenvalue weighted by Gasteiger charge is 2.21. The molecule has 0 radical (unpaired) electrons. The maximum Gasteiger partial charge on any atom is 0.309 e. The number of nitrogens with zero attached hydrogens (tertiary/aromatic N) is 1. The zero-order chi connectivity index (χ0) is 10.3. The van der Waals surface area contributed by atoms with Crippen LogP contribution in [0.5, 0.6) is 0 Å². The number of rotatable bonds is 7. The van der Waals surface area contributed by atoms with E-state index < -0.39 is 5.97 Å². The molecular weight excluding hydrogens is 190 g/mol. The van der Waals surface area contributed by atoms with Gasteiger partial charge in [0, 0.05) is 0 Å². The first kappa shape index (κ1) is 15.8. The summed E-state index contributed by atoms with van der Waals surface area (Å²) in [6, 6.07) is 0. The van der Waals surface area contributed by atoms with E-state index in [1.54, 1.807) is 0 Å². The van der Waals surface area contributed by atoms with Crippen molar-refractivity contribution in [1.82, 2.24) is 0 Å². The summed E-state index contributed by atoms with van der Waals surface area (Å²) in [5.41, 5.74) is 0. The van der Waals surface area contributed by atoms with Crippen LogP contribution < -0.4 is 0 Å². The van der Waals surface area contributed by atoms with Crippen LogP contribution in [-0.4, -0.2) is 71.1 Å². The maximum atomic E-state index is 10.3. The van der Waals surface area contributed by atoms with Gasteiger partial charge in [-0.05, 0) is 0 Å². The molecule has 0 rings (SSSR count). The highest BCUT2D eigenvalue weighted by atomic mass is 16.4. The van der Waals surface area contributed by atoms with E-state index in [1.807, 2.05) is 7.05 Å². The fourth-order valence-electron chi connectivity index (χ4n) is 1.18.